The van der Waals surface area contributed by atoms with Crippen LogP contribution in [0.15, 0.2) is 85.3 Å². The minimum Gasteiger partial charge on any atom is -0.391 e. The number of carbonyl (C=O) groups excluding carboxylic acids is 8. The molecule has 72 heavy (non-hydrogen) atoms. The zero-order valence-corrected chi connectivity index (χ0v) is 41.5. The van der Waals surface area contributed by atoms with Crippen molar-refractivity contribution >= 4 is 79.7 Å². The van der Waals surface area contributed by atoms with Crippen LogP contribution in [0.2, 0.25) is 0 Å². The number of primary amides is 1. The van der Waals surface area contributed by atoms with Crippen molar-refractivity contribution in [3.63, 3.8) is 0 Å². The Bertz CT molecular complexity index is 2480. The molecule has 0 bridgehead atoms. The molecule has 2 aromatic heterocycles. The van der Waals surface area contributed by atoms with E-state index in [1.807, 2.05) is 24.3 Å². The highest BCUT2D eigenvalue weighted by molar-refractivity contribution is 8.76. The minimum absolute atomic E-state index is 0.00518. The molecule has 24 heteroatoms. The number of H-pyrrole nitrogens is 1. The standard InChI is InChI=1S/C48H64N12O10S2/c1-26(61)39(41(51)63)59-47(69)38-25-72-71-24-37(57-42(64)32(50)19-28-11-4-3-5-12-28)46(68)55-35(20-29-13-10-18-52-22-29)44(66)56-36(21-30-23-53-33-15-7-6-14-31(30)33)45(67)54-34(16-8-9-17-49)43(65)60-40(27(2)62)48(70)58-38/h3-7,10-15,18,22-23,26-27,32,34-40,53,61-62H,8-9,16-17,19-21,24-25,49-50H2,1-2H3,(H2,51,63)(H,54,67)(H,55,68)(H,56,66)(H,57,64)(H,58,70)(H,59,69)(H,60,65)/t26-,27-,32-,34+,35+,36-,37-,38+,39+,40+/m1/s1. The quantitative estimate of drug-likeness (QED) is 0.0405. The second-order valence-corrected chi connectivity index (χ2v) is 20.0. The highest BCUT2D eigenvalue weighted by Crippen LogP contribution is 2.24. The van der Waals surface area contributed by atoms with Gasteiger partial charge in [0.15, 0.2) is 0 Å². The molecule has 16 N–H and O–H groups in total. The first-order chi connectivity index (χ1) is 34.4. The molecular weight excluding hydrogens is 969 g/mol. The lowest BCUT2D eigenvalue weighted by Crippen LogP contribution is -2.62. The van der Waals surface area contributed by atoms with E-state index in [2.05, 4.69) is 47.2 Å². The van der Waals surface area contributed by atoms with Crippen LogP contribution in [-0.2, 0) is 57.6 Å². The Balaban J connectivity index is 1.57. The predicted molar refractivity (Wildman–Crippen MR) is 272 cm³/mol. The number of aromatic amines is 1. The summed E-state index contributed by atoms with van der Waals surface area (Å²) in [5.41, 5.74) is 20.2. The monoisotopic (exact) mass is 1030 g/mol. The number of pyridine rings is 1. The van der Waals surface area contributed by atoms with Crippen LogP contribution >= 0.6 is 21.6 Å². The van der Waals surface area contributed by atoms with Gasteiger partial charge in [0.2, 0.25) is 47.3 Å². The van der Waals surface area contributed by atoms with Gasteiger partial charge in [-0.15, -0.1) is 0 Å². The molecule has 2 aromatic carbocycles. The number of carbonyl (C=O) groups is 8. The van der Waals surface area contributed by atoms with Gasteiger partial charge in [-0.05, 0) is 74.9 Å². The van der Waals surface area contributed by atoms with Gasteiger partial charge in [-0.2, -0.15) is 0 Å². The molecule has 3 heterocycles. The van der Waals surface area contributed by atoms with E-state index in [9.17, 15) is 48.6 Å². The Morgan fingerprint density at radius 2 is 1.40 bits per heavy atom. The molecule has 10 atom stereocenters. The SMILES string of the molecule is C[C@@H](O)[C@H](NC(=O)[C@@H]1CSSC[C@@H](NC(=O)[C@H](N)Cc2ccccc2)C(=O)N[C@@H](Cc2cccnc2)C(=O)N[C@H](Cc2c[nH]c3ccccc23)C(=O)N[C@@H](CCCCN)C(=O)N[C@@H]([C@@H](C)O)C(=O)N1)C(N)=O. The number of unbranched alkanes of at least 4 members (excludes halogenated alkanes) is 1. The Morgan fingerprint density at radius 1 is 0.764 bits per heavy atom. The number of nitrogens with zero attached hydrogens (tertiary/aromatic N) is 1. The Kier molecular flexibility index (Phi) is 21.8. The number of rotatable bonds is 17. The number of aliphatic hydroxyl groups excluding tert-OH is 2. The van der Waals surface area contributed by atoms with Crippen molar-refractivity contribution in [1.82, 2.24) is 47.2 Å². The summed E-state index contributed by atoms with van der Waals surface area (Å²) in [5.74, 6) is -7.61. The van der Waals surface area contributed by atoms with E-state index in [4.69, 9.17) is 17.2 Å². The molecule has 8 amide bonds. The topological polar surface area (TPSA) is 368 Å². The fourth-order valence-corrected chi connectivity index (χ4v) is 10.0. The van der Waals surface area contributed by atoms with Gasteiger partial charge in [0, 0.05) is 53.8 Å². The second-order valence-electron chi connectivity index (χ2n) is 17.4. The first kappa shape index (κ1) is 56.3. The van der Waals surface area contributed by atoms with Gasteiger partial charge in [0.25, 0.3) is 0 Å². The van der Waals surface area contributed by atoms with Gasteiger partial charge in [0.05, 0.1) is 18.2 Å². The third-order valence-corrected chi connectivity index (χ3v) is 14.1. The van der Waals surface area contributed by atoms with Crippen LogP contribution < -0.4 is 54.4 Å². The normalized spacial score (nSPS) is 22.6. The molecular formula is C48H64N12O10S2. The summed E-state index contributed by atoms with van der Waals surface area (Å²) >= 11 is 0. The van der Waals surface area contributed by atoms with Crippen LogP contribution in [-0.4, -0.2) is 146 Å². The molecule has 0 radical (unpaired) electrons. The maximum atomic E-state index is 14.7. The van der Waals surface area contributed by atoms with E-state index < -0.39 is 108 Å². The number of benzene rings is 2. The first-order valence-electron chi connectivity index (χ1n) is 23.4. The van der Waals surface area contributed by atoms with Crippen LogP contribution in [0.4, 0.5) is 0 Å². The van der Waals surface area contributed by atoms with E-state index in [1.54, 1.807) is 48.7 Å². The molecule has 22 nitrogen and oxygen atoms in total. The summed E-state index contributed by atoms with van der Waals surface area (Å²) in [6.07, 6.45) is 2.36. The third kappa shape index (κ3) is 16.8. The lowest BCUT2D eigenvalue weighted by Gasteiger charge is -2.29. The Morgan fingerprint density at radius 3 is 2.07 bits per heavy atom. The summed E-state index contributed by atoms with van der Waals surface area (Å²) in [7, 11) is 1.95. The van der Waals surface area contributed by atoms with Crippen molar-refractivity contribution in [2.75, 3.05) is 18.1 Å². The number of aliphatic hydroxyl groups is 2. The Hall–Kier alpha value is -6.57. The summed E-state index contributed by atoms with van der Waals surface area (Å²) < 4.78 is 0. The van der Waals surface area contributed by atoms with Crippen molar-refractivity contribution in [3.05, 3.63) is 102 Å². The van der Waals surface area contributed by atoms with Crippen LogP contribution in [0.25, 0.3) is 10.9 Å². The van der Waals surface area contributed by atoms with Gasteiger partial charge in [-0.1, -0.05) is 76.2 Å². The molecule has 388 valence electrons. The molecule has 0 spiro atoms. The number of nitrogens with one attached hydrogen (secondary N) is 8. The van der Waals surface area contributed by atoms with Crippen molar-refractivity contribution < 1.29 is 48.6 Å². The highest BCUT2D eigenvalue weighted by atomic mass is 33.1. The number of hydrogen-bond donors (Lipinski definition) is 13. The van der Waals surface area contributed by atoms with Crippen molar-refractivity contribution in [3.8, 4) is 0 Å². The van der Waals surface area contributed by atoms with Gasteiger partial charge in [-0.25, -0.2) is 0 Å². The average molecular weight is 1030 g/mol. The second kappa shape index (κ2) is 27.9. The highest BCUT2D eigenvalue weighted by Gasteiger charge is 2.37. The lowest BCUT2D eigenvalue weighted by molar-refractivity contribution is -0.137. The van der Waals surface area contributed by atoms with Gasteiger partial charge >= 0.3 is 0 Å². The number of fused-ring (bicyclic) bond motifs is 1. The van der Waals surface area contributed by atoms with Crippen molar-refractivity contribution in [2.24, 2.45) is 17.2 Å². The van der Waals surface area contributed by atoms with E-state index in [0.717, 1.165) is 38.1 Å². The average Bonchev–Trinajstić information content (AvgIpc) is 3.76. The molecule has 0 unspecified atom stereocenters. The fourth-order valence-electron chi connectivity index (χ4n) is 7.71. The molecule has 1 fully saturated rings. The van der Waals surface area contributed by atoms with E-state index >= 15 is 0 Å². The summed E-state index contributed by atoms with van der Waals surface area (Å²) in [6.45, 7) is 2.69. The number of para-hydroxylation sites is 1. The van der Waals surface area contributed by atoms with Crippen molar-refractivity contribution in [2.45, 2.75) is 113 Å². The summed E-state index contributed by atoms with van der Waals surface area (Å²) in [5, 5.41) is 40.2. The van der Waals surface area contributed by atoms with Gasteiger partial charge in [-0.3, -0.25) is 43.3 Å². The fraction of sp³-hybridized carbons (Fsp3) is 0.438. The smallest absolute Gasteiger partial charge is 0.245 e. The molecule has 0 saturated carbocycles. The molecule has 0 aliphatic carbocycles. The van der Waals surface area contributed by atoms with Crippen LogP contribution in [0.3, 0.4) is 0 Å². The van der Waals surface area contributed by atoms with Crippen LogP contribution in [0.1, 0.15) is 49.8 Å². The van der Waals surface area contributed by atoms with Crippen LogP contribution in [0, 0.1) is 0 Å². The minimum atomic E-state index is -1.72. The molecule has 1 aliphatic heterocycles. The van der Waals surface area contributed by atoms with Crippen molar-refractivity contribution in [1.29, 1.82) is 0 Å². The Labute approximate surface area is 424 Å². The summed E-state index contributed by atoms with van der Waals surface area (Å²) in [6, 6.07) is 8.14. The van der Waals surface area contributed by atoms with Gasteiger partial charge in [0.1, 0.15) is 42.3 Å². The predicted octanol–water partition coefficient (Wildman–Crippen LogP) is -1.92. The van der Waals surface area contributed by atoms with E-state index in [1.165, 1.54) is 26.2 Å². The van der Waals surface area contributed by atoms with E-state index in [-0.39, 0.29) is 43.7 Å². The maximum Gasteiger partial charge on any atom is 0.245 e. The maximum absolute atomic E-state index is 14.7. The number of amides is 8. The number of aromatic nitrogens is 2. The third-order valence-electron chi connectivity index (χ3n) is 11.7. The first-order valence-corrected chi connectivity index (χ1v) is 25.9. The zero-order chi connectivity index (χ0) is 52.3. The molecule has 4 aromatic rings. The van der Waals surface area contributed by atoms with E-state index in [0.29, 0.717) is 24.0 Å². The van der Waals surface area contributed by atoms with Crippen LogP contribution in [0.5, 0.6) is 0 Å². The summed E-state index contributed by atoms with van der Waals surface area (Å²) in [4.78, 5) is 119. The largest absolute Gasteiger partial charge is 0.391 e. The lowest BCUT2D eigenvalue weighted by atomic mass is 10.0. The molecule has 1 saturated heterocycles. The zero-order valence-electron chi connectivity index (χ0n) is 39.9. The number of hydrogen-bond acceptors (Lipinski definition) is 15. The van der Waals surface area contributed by atoms with Gasteiger partial charge < -0.3 is 69.6 Å². The number of nitrogens with two attached hydrogens (primary N) is 3. The molecule has 1 aliphatic rings. The molecule has 5 rings (SSSR count).